The Hall–Kier alpha value is -3.36. The molecular weight excluding hydrogens is 610 g/mol. The van der Waals surface area contributed by atoms with Gasteiger partial charge in [-0.25, -0.2) is 0 Å². The average Bonchev–Trinajstić information content (AvgIpc) is 3.07. The summed E-state index contributed by atoms with van der Waals surface area (Å²) >= 11 is 0. The lowest BCUT2D eigenvalue weighted by Crippen LogP contribution is -2.49. The number of phenolic OH excluding ortho intramolecular Hbond substituents is 2. The lowest BCUT2D eigenvalue weighted by Gasteiger charge is -2.41. The zero-order valence-electron chi connectivity index (χ0n) is 27.5. The first-order chi connectivity index (χ1) is 22.6. The summed E-state index contributed by atoms with van der Waals surface area (Å²) in [5.74, 6) is -2.00. The van der Waals surface area contributed by atoms with Gasteiger partial charge in [0.25, 0.3) is 0 Å². The van der Waals surface area contributed by atoms with Crippen LogP contribution in [0.1, 0.15) is 89.1 Å². The quantitative estimate of drug-likeness (QED) is 0.186. The number of fused-ring (bicyclic) bond motifs is 3. The van der Waals surface area contributed by atoms with Gasteiger partial charge in [0.05, 0.1) is 61.9 Å². The van der Waals surface area contributed by atoms with Gasteiger partial charge in [0.1, 0.15) is 23.5 Å². The number of rotatable bonds is 7. The number of aliphatic hydroxyl groups is 2. The summed E-state index contributed by atoms with van der Waals surface area (Å²) in [5, 5.41) is 44.1. The molecule has 12 nitrogen and oxygen atoms in total. The standard InChI is InChI=1S/C34H41NO10.CH4O/c1-16(2)21(14-36)18-12-20-28(24(13-18)45-26-9-8-22(17(3)43-26)44-25-15-42-11-10-35-25)34(40)30-29(32(20)38)31(37)19-6-5-7-23(41-4)27(19)33(30)39;1-2/h5-7,17-18,22,24-26,35-36,38,40H,8-15H2,1-4H3;2H,1H3/t17-,18?,22-,24-,25?,26?;/m0./s1. The summed E-state index contributed by atoms with van der Waals surface area (Å²) in [6.45, 7) is 7.38. The first kappa shape index (κ1) is 35.0. The number of ether oxygens (including phenoxy) is 5. The van der Waals surface area contributed by atoms with Crippen LogP contribution in [-0.2, 0) is 25.4 Å². The van der Waals surface area contributed by atoms with E-state index in [0.717, 1.165) is 18.3 Å². The zero-order chi connectivity index (χ0) is 34.0. The van der Waals surface area contributed by atoms with Crippen LogP contribution in [0.15, 0.2) is 29.3 Å². The van der Waals surface area contributed by atoms with Crippen LogP contribution in [-0.4, -0.2) is 97.3 Å². The van der Waals surface area contributed by atoms with Crippen LogP contribution in [0.5, 0.6) is 17.2 Å². The van der Waals surface area contributed by atoms with Gasteiger partial charge < -0.3 is 44.1 Å². The topological polar surface area (TPSA) is 173 Å². The predicted octanol–water partition coefficient (Wildman–Crippen LogP) is 3.30. The Kier molecular flexibility index (Phi) is 11.0. The van der Waals surface area contributed by atoms with E-state index in [2.05, 4.69) is 5.32 Å². The number of carbonyl (C=O) groups is 2. The number of hydrogen-bond acceptors (Lipinski definition) is 12. The summed E-state index contributed by atoms with van der Waals surface area (Å²) in [6.07, 6.45) is -0.385. The van der Waals surface area contributed by atoms with Crippen molar-refractivity contribution >= 4 is 11.6 Å². The number of phenols is 2. The third-order valence-electron chi connectivity index (χ3n) is 9.46. The molecule has 256 valence electrons. The normalized spacial score (nSPS) is 26.7. The Morgan fingerprint density at radius 3 is 2.40 bits per heavy atom. The molecule has 12 heteroatoms. The minimum absolute atomic E-state index is 0.0405. The molecule has 0 spiro atoms. The molecule has 2 aliphatic heterocycles. The molecule has 0 bridgehead atoms. The van der Waals surface area contributed by atoms with E-state index in [1.807, 2.05) is 20.8 Å². The van der Waals surface area contributed by atoms with E-state index in [1.165, 1.54) is 13.2 Å². The van der Waals surface area contributed by atoms with Crippen LogP contribution < -0.4 is 10.1 Å². The molecule has 4 aliphatic rings. The van der Waals surface area contributed by atoms with Gasteiger partial charge in [0.2, 0.25) is 5.78 Å². The van der Waals surface area contributed by atoms with Crippen LogP contribution in [0.25, 0.3) is 0 Å². The highest BCUT2D eigenvalue weighted by Crippen LogP contribution is 2.52. The van der Waals surface area contributed by atoms with Crippen molar-refractivity contribution in [1.29, 1.82) is 0 Å². The third-order valence-corrected chi connectivity index (χ3v) is 9.46. The zero-order valence-corrected chi connectivity index (χ0v) is 27.5. The summed E-state index contributed by atoms with van der Waals surface area (Å²) < 4.78 is 29.9. The van der Waals surface area contributed by atoms with Gasteiger partial charge in [-0.15, -0.1) is 0 Å². The predicted molar refractivity (Wildman–Crippen MR) is 170 cm³/mol. The lowest BCUT2D eigenvalue weighted by atomic mass is 9.72. The number of carbonyl (C=O) groups excluding carboxylic acids is 2. The van der Waals surface area contributed by atoms with E-state index in [9.17, 15) is 24.9 Å². The molecule has 2 fully saturated rings. The van der Waals surface area contributed by atoms with Gasteiger partial charge in [-0.3, -0.25) is 14.9 Å². The fourth-order valence-corrected chi connectivity index (χ4v) is 7.20. The highest BCUT2D eigenvalue weighted by Gasteiger charge is 2.44. The number of nitrogens with one attached hydrogen (secondary N) is 1. The monoisotopic (exact) mass is 655 g/mol. The fraction of sp³-hybridized carbons (Fsp3) is 0.543. The molecule has 6 rings (SSSR count). The second-order valence-electron chi connectivity index (χ2n) is 12.4. The van der Waals surface area contributed by atoms with Crippen LogP contribution in [0.4, 0.5) is 0 Å². The molecule has 2 aliphatic carbocycles. The van der Waals surface area contributed by atoms with E-state index in [4.69, 9.17) is 28.8 Å². The Bertz CT molecular complexity index is 1530. The first-order valence-corrected chi connectivity index (χ1v) is 16.0. The van der Waals surface area contributed by atoms with E-state index in [1.54, 1.807) is 12.1 Å². The maximum atomic E-state index is 13.9. The van der Waals surface area contributed by atoms with Crippen molar-refractivity contribution in [2.75, 3.05) is 40.6 Å². The van der Waals surface area contributed by atoms with Gasteiger partial charge in [-0.2, -0.15) is 0 Å². The van der Waals surface area contributed by atoms with E-state index >= 15 is 0 Å². The summed E-state index contributed by atoms with van der Waals surface area (Å²) in [4.78, 5) is 27.7. The smallest absolute Gasteiger partial charge is 0.202 e. The van der Waals surface area contributed by atoms with Gasteiger partial charge in [-0.1, -0.05) is 17.7 Å². The number of hydrogen-bond donors (Lipinski definition) is 5. The molecule has 2 aromatic rings. The fourth-order valence-electron chi connectivity index (χ4n) is 7.20. The van der Waals surface area contributed by atoms with Crippen molar-refractivity contribution in [2.45, 2.75) is 77.3 Å². The summed E-state index contributed by atoms with van der Waals surface area (Å²) in [7, 11) is 2.40. The second-order valence-corrected chi connectivity index (χ2v) is 12.4. The minimum atomic E-state index is -0.805. The molecule has 6 atom stereocenters. The molecule has 0 saturated carbocycles. The maximum Gasteiger partial charge on any atom is 0.202 e. The van der Waals surface area contributed by atoms with Crippen molar-refractivity contribution in [2.24, 2.45) is 5.92 Å². The number of ketones is 2. The molecule has 2 aromatic carbocycles. The minimum Gasteiger partial charge on any atom is -0.507 e. The van der Waals surface area contributed by atoms with Crippen molar-refractivity contribution in [3.8, 4) is 17.2 Å². The number of benzene rings is 2. The van der Waals surface area contributed by atoms with Gasteiger partial charge in [0, 0.05) is 36.8 Å². The van der Waals surface area contributed by atoms with E-state index in [-0.39, 0.29) is 76.7 Å². The third kappa shape index (κ3) is 6.56. The van der Waals surface area contributed by atoms with Crippen LogP contribution in [0.2, 0.25) is 0 Å². The Morgan fingerprint density at radius 2 is 1.77 bits per heavy atom. The van der Waals surface area contributed by atoms with Gasteiger partial charge in [-0.05, 0) is 57.6 Å². The number of allylic oxidation sites excluding steroid dienone is 1. The molecule has 0 aromatic heterocycles. The maximum absolute atomic E-state index is 13.9. The van der Waals surface area contributed by atoms with Crippen molar-refractivity contribution in [3.63, 3.8) is 0 Å². The first-order valence-electron chi connectivity index (χ1n) is 16.0. The summed E-state index contributed by atoms with van der Waals surface area (Å²) in [5.41, 5.74) is 1.93. The molecule has 3 unspecified atom stereocenters. The highest BCUT2D eigenvalue weighted by molar-refractivity contribution is 6.31. The Labute approximate surface area is 274 Å². The molecule has 5 N–H and O–H groups in total. The number of aromatic hydroxyl groups is 2. The van der Waals surface area contributed by atoms with Gasteiger partial charge >= 0.3 is 0 Å². The van der Waals surface area contributed by atoms with Crippen LogP contribution >= 0.6 is 0 Å². The molecule has 2 heterocycles. The average molecular weight is 656 g/mol. The molecule has 2 saturated heterocycles. The van der Waals surface area contributed by atoms with Crippen LogP contribution in [0, 0.1) is 5.92 Å². The van der Waals surface area contributed by atoms with E-state index in [0.29, 0.717) is 44.6 Å². The van der Waals surface area contributed by atoms with E-state index < -0.39 is 29.7 Å². The van der Waals surface area contributed by atoms with Crippen molar-refractivity contribution in [3.05, 3.63) is 62.7 Å². The summed E-state index contributed by atoms with van der Waals surface area (Å²) in [6, 6.07) is 4.69. The Morgan fingerprint density at radius 1 is 1.02 bits per heavy atom. The number of aliphatic hydroxyl groups excluding tert-OH is 2. The SMILES string of the molecule is CO.COc1cccc2c1C(=O)c1c(O)c3c(c(O)c1C2=O)CC(C(CO)=C(C)C)C[C@@H]3OC1CC[C@H](OC2COCCN2)[C@H](C)O1. The molecule has 47 heavy (non-hydrogen) atoms. The Balaban J connectivity index is 0.00000213. The highest BCUT2D eigenvalue weighted by atomic mass is 16.7. The second kappa shape index (κ2) is 14.8. The molecule has 0 radical (unpaired) electrons. The molecular formula is C35H45NO11. The number of methoxy groups -OCH3 is 1. The van der Waals surface area contributed by atoms with Crippen molar-refractivity contribution < 1.29 is 53.7 Å². The van der Waals surface area contributed by atoms with Gasteiger partial charge in [0.15, 0.2) is 12.1 Å². The van der Waals surface area contributed by atoms with Crippen LogP contribution in [0.3, 0.4) is 0 Å². The number of morpholine rings is 1. The largest absolute Gasteiger partial charge is 0.507 e. The van der Waals surface area contributed by atoms with Crippen molar-refractivity contribution in [1.82, 2.24) is 5.32 Å². The lowest BCUT2D eigenvalue weighted by molar-refractivity contribution is -0.255. The molecule has 0 amide bonds.